The fraction of sp³-hybridized carbons (Fsp3) is 0.0833. The fourth-order valence-corrected chi connectivity index (χ4v) is 1.59. The summed E-state index contributed by atoms with van der Waals surface area (Å²) in [5, 5.41) is 13.4. The van der Waals surface area contributed by atoms with E-state index in [-0.39, 0.29) is 22.3 Å². The van der Waals surface area contributed by atoms with E-state index in [1.807, 2.05) is 0 Å². The minimum Gasteiger partial charge on any atom is -0.506 e. The molecule has 1 aromatic carbocycles. The van der Waals surface area contributed by atoms with Crippen molar-refractivity contribution in [3.63, 3.8) is 0 Å². The number of aromatic hydroxyl groups is 1. The molecule has 0 radical (unpaired) electrons. The Kier molecular flexibility index (Phi) is 3.82. The molecule has 7 heteroatoms. The number of rotatable bonds is 3. The van der Waals surface area contributed by atoms with E-state index >= 15 is 0 Å². The Bertz CT molecular complexity index is 682. The molecule has 2 rings (SSSR count). The van der Waals surface area contributed by atoms with E-state index in [2.05, 4.69) is 20.5 Å². The number of phenolic OH excluding ortho intramolecular Hbond substituents is 1. The van der Waals surface area contributed by atoms with Crippen molar-refractivity contribution in [3.05, 3.63) is 50.9 Å². The number of benzene rings is 1. The Morgan fingerprint density at radius 2 is 2.26 bits per heavy atom. The Morgan fingerprint density at radius 1 is 1.47 bits per heavy atom. The zero-order chi connectivity index (χ0) is 13.8. The molecule has 1 heterocycles. The highest BCUT2D eigenvalue weighted by atomic mass is 35.5. The maximum atomic E-state index is 11.2. The van der Waals surface area contributed by atoms with E-state index in [1.54, 1.807) is 19.1 Å². The molecule has 1 aromatic heterocycles. The first-order chi connectivity index (χ1) is 9.04. The van der Waals surface area contributed by atoms with Crippen molar-refractivity contribution in [2.75, 3.05) is 5.43 Å². The zero-order valence-electron chi connectivity index (χ0n) is 10.0. The summed E-state index contributed by atoms with van der Waals surface area (Å²) in [4.78, 5) is 17.7. The number of nitrogens with one attached hydrogen (secondary N) is 2. The van der Waals surface area contributed by atoms with Crippen molar-refractivity contribution in [1.82, 2.24) is 9.97 Å². The standard InChI is InChI=1S/C12H11ClN4O2/c1-7-4-11(19)16-12(15-7)17-14-6-8-2-3-10(18)9(13)5-8/h2-6,18H,1H3,(H2,15,16,17,19)/b14-6-. The number of nitrogens with zero attached hydrogens (tertiary/aromatic N) is 2. The topological polar surface area (TPSA) is 90.4 Å². The second-order valence-electron chi connectivity index (χ2n) is 3.82. The van der Waals surface area contributed by atoms with Crippen LogP contribution in [0.25, 0.3) is 0 Å². The lowest BCUT2D eigenvalue weighted by Crippen LogP contribution is -2.10. The highest BCUT2D eigenvalue weighted by molar-refractivity contribution is 6.32. The summed E-state index contributed by atoms with van der Waals surface area (Å²) < 4.78 is 0. The molecule has 0 aliphatic heterocycles. The molecule has 0 aliphatic rings. The molecular formula is C12H11ClN4O2. The van der Waals surface area contributed by atoms with Crippen LogP contribution < -0.4 is 11.0 Å². The van der Waals surface area contributed by atoms with Crippen LogP contribution in [-0.2, 0) is 0 Å². The average molecular weight is 279 g/mol. The number of hydrogen-bond acceptors (Lipinski definition) is 5. The van der Waals surface area contributed by atoms with Gasteiger partial charge in [0.1, 0.15) is 5.75 Å². The average Bonchev–Trinajstić information content (AvgIpc) is 2.32. The zero-order valence-corrected chi connectivity index (χ0v) is 10.8. The number of aryl methyl sites for hydroxylation is 1. The fourth-order valence-electron chi connectivity index (χ4n) is 1.40. The van der Waals surface area contributed by atoms with Gasteiger partial charge in [0.15, 0.2) is 0 Å². The maximum Gasteiger partial charge on any atom is 0.252 e. The molecule has 0 amide bonds. The van der Waals surface area contributed by atoms with Crippen molar-refractivity contribution >= 4 is 23.8 Å². The number of aromatic nitrogens is 2. The van der Waals surface area contributed by atoms with Gasteiger partial charge < -0.3 is 5.11 Å². The Labute approximate surface area is 113 Å². The number of hydrogen-bond donors (Lipinski definition) is 3. The highest BCUT2D eigenvalue weighted by Gasteiger charge is 1.98. The van der Waals surface area contributed by atoms with Crippen LogP contribution >= 0.6 is 11.6 Å². The van der Waals surface area contributed by atoms with Gasteiger partial charge in [0.05, 0.1) is 11.2 Å². The number of phenols is 1. The van der Waals surface area contributed by atoms with E-state index in [9.17, 15) is 9.90 Å². The maximum absolute atomic E-state index is 11.2. The lowest BCUT2D eigenvalue weighted by atomic mass is 10.2. The predicted octanol–water partition coefficient (Wildman–Crippen LogP) is 1.88. The van der Waals surface area contributed by atoms with Gasteiger partial charge in [-0.15, -0.1) is 0 Å². The molecule has 0 atom stereocenters. The van der Waals surface area contributed by atoms with Gasteiger partial charge in [0.25, 0.3) is 5.56 Å². The van der Waals surface area contributed by atoms with E-state index in [0.717, 1.165) is 0 Å². The van der Waals surface area contributed by atoms with Crippen molar-refractivity contribution in [2.45, 2.75) is 6.92 Å². The Morgan fingerprint density at radius 3 is 2.95 bits per heavy atom. The first-order valence-corrected chi connectivity index (χ1v) is 5.78. The van der Waals surface area contributed by atoms with E-state index < -0.39 is 0 Å². The summed E-state index contributed by atoms with van der Waals surface area (Å²) in [5.41, 5.74) is 3.65. The van der Waals surface area contributed by atoms with Crippen LogP contribution in [0.15, 0.2) is 34.2 Å². The second kappa shape index (κ2) is 5.53. The first-order valence-electron chi connectivity index (χ1n) is 5.40. The molecule has 0 saturated heterocycles. The Balaban J connectivity index is 2.11. The number of anilines is 1. The number of H-pyrrole nitrogens is 1. The van der Waals surface area contributed by atoms with Gasteiger partial charge in [-0.05, 0) is 30.7 Å². The smallest absolute Gasteiger partial charge is 0.252 e. The largest absolute Gasteiger partial charge is 0.506 e. The summed E-state index contributed by atoms with van der Waals surface area (Å²) in [7, 11) is 0. The number of hydrazone groups is 1. The van der Waals surface area contributed by atoms with Gasteiger partial charge in [-0.25, -0.2) is 10.4 Å². The molecule has 2 aromatic rings. The summed E-state index contributed by atoms with van der Waals surface area (Å²) in [6, 6.07) is 6.07. The number of aromatic amines is 1. The van der Waals surface area contributed by atoms with Crippen LogP contribution in [0.4, 0.5) is 5.95 Å². The normalized spacial score (nSPS) is 10.8. The summed E-state index contributed by atoms with van der Waals surface area (Å²) in [6.45, 7) is 1.71. The number of halogens is 1. The molecule has 0 aliphatic carbocycles. The van der Waals surface area contributed by atoms with Crippen LogP contribution in [0, 0.1) is 6.92 Å². The van der Waals surface area contributed by atoms with Crippen LogP contribution in [0.3, 0.4) is 0 Å². The van der Waals surface area contributed by atoms with Gasteiger partial charge in [-0.1, -0.05) is 11.6 Å². The van der Waals surface area contributed by atoms with E-state index in [1.165, 1.54) is 18.3 Å². The first kappa shape index (κ1) is 13.1. The van der Waals surface area contributed by atoms with Gasteiger partial charge in [0, 0.05) is 11.8 Å². The lowest BCUT2D eigenvalue weighted by molar-refractivity contribution is 0.475. The molecule has 3 N–H and O–H groups in total. The molecule has 0 bridgehead atoms. The third-order valence-corrected chi connectivity index (χ3v) is 2.53. The van der Waals surface area contributed by atoms with E-state index in [0.29, 0.717) is 11.3 Å². The molecule has 6 nitrogen and oxygen atoms in total. The molecule has 0 saturated carbocycles. The van der Waals surface area contributed by atoms with Gasteiger partial charge >= 0.3 is 0 Å². The summed E-state index contributed by atoms with van der Waals surface area (Å²) >= 11 is 5.76. The highest BCUT2D eigenvalue weighted by Crippen LogP contribution is 2.22. The molecule has 0 unspecified atom stereocenters. The minimum atomic E-state index is -0.252. The van der Waals surface area contributed by atoms with Gasteiger partial charge in [-0.2, -0.15) is 5.10 Å². The molecule has 19 heavy (non-hydrogen) atoms. The molecule has 0 fully saturated rings. The van der Waals surface area contributed by atoms with Crippen LogP contribution in [-0.4, -0.2) is 21.3 Å². The van der Waals surface area contributed by atoms with Crippen LogP contribution in [0.5, 0.6) is 5.75 Å². The van der Waals surface area contributed by atoms with Gasteiger partial charge in [-0.3, -0.25) is 9.78 Å². The Hall–Kier alpha value is -2.34. The van der Waals surface area contributed by atoms with E-state index in [4.69, 9.17) is 11.6 Å². The van der Waals surface area contributed by atoms with Crippen LogP contribution in [0.2, 0.25) is 5.02 Å². The minimum absolute atomic E-state index is 0.0106. The van der Waals surface area contributed by atoms with Crippen molar-refractivity contribution in [2.24, 2.45) is 5.10 Å². The monoisotopic (exact) mass is 278 g/mol. The summed E-state index contributed by atoms with van der Waals surface area (Å²) in [6.07, 6.45) is 1.49. The van der Waals surface area contributed by atoms with Crippen molar-refractivity contribution in [3.8, 4) is 5.75 Å². The van der Waals surface area contributed by atoms with Crippen LogP contribution in [0.1, 0.15) is 11.3 Å². The lowest BCUT2D eigenvalue weighted by Gasteiger charge is -2.00. The third-order valence-electron chi connectivity index (χ3n) is 2.23. The van der Waals surface area contributed by atoms with Crippen molar-refractivity contribution in [1.29, 1.82) is 0 Å². The third kappa shape index (κ3) is 3.56. The SMILES string of the molecule is Cc1cc(=O)[nH]c(N/N=C\c2ccc(O)c(Cl)c2)n1. The van der Waals surface area contributed by atoms with Gasteiger partial charge in [0.2, 0.25) is 5.95 Å². The summed E-state index contributed by atoms with van der Waals surface area (Å²) in [5.74, 6) is 0.266. The molecule has 98 valence electrons. The second-order valence-corrected chi connectivity index (χ2v) is 4.22. The van der Waals surface area contributed by atoms with Crippen molar-refractivity contribution < 1.29 is 5.11 Å². The predicted molar refractivity (Wildman–Crippen MR) is 73.9 cm³/mol. The quantitative estimate of drug-likeness (QED) is 0.591. The molecular weight excluding hydrogens is 268 g/mol. The molecule has 0 spiro atoms.